The molecule has 4 unspecified atom stereocenters. The van der Waals surface area contributed by atoms with Gasteiger partial charge in [-0.2, -0.15) is 0 Å². The molecule has 0 aliphatic carbocycles. The molecule has 0 amide bonds. The first-order valence-corrected chi connectivity index (χ1v) is 32.8. The molecule has 0 N–H and O–H groups in total. The third-order valence-electron chi connectivity index (χ3n) is 15.7. The van der Waals surface area contributed by atoms with Gasteiger partial charge in [0.25, 0.3) is 0 Å². The Hall–Kier alpha value is -4.06. The number of thiophene rings is 3. The lowest BCUT2D eigenvalue weighted by Gasteiger charge is -2.21. The molecule has 3 aromatic heterocycles. The van der Waals surface area contributed by atoms with Crippen LogP contribution in [0.3, 0.4) is 0 Å². The normalized spacial score (nSPS) is 16.2. The highest BCUT2D eigenvalue weighted by molar-refractivity contribution is 7.28. The van der Waals surface area contributed by atoms with Crippen LogP contribution in [0.25, 0.3) is 41.1 Å². The average molecular weight is 1130 g/mol. The minimum Gasteiger partial charge on any atom is -0.493 e. The lowest BCUT2D eigenvalue weighted by molar-refractivity contribution is 0.140. The van der Waals surface area contributed by atoms with Gasteiger partial charge in [-0.3, -0.25) is 0 Å². The first-order chi connectivity index (χ1) is 37.6. The van der Waals surface area contributed by atoms with Crippen LogP contribution in [-0.2, 0) is 0 Å². The van der Waals surface area contributed by atoms with Crippen LogP contribution in [0.15, 0.2) is 36.4 Å². The zero-order valence-electron chi connectivity index (χ0n) is 50.5. The van der Waals surface area contributed by atoms with Gasteiger partial charge in [-0.1, -0.05) is 165 Å². The van der Waals surface area contributed by atoms with E-state index in [-0.39, 0.29) is 10.8 Å². The van der Waals surface area contributed by atoms with Crippen LogP contribution in [-0.4, -0.2) is 52.9 Å². The van der Waals surface area contributed by atoms with E-state index in [0.29, 0.717) is 76.5 Å². The third-order valence-corrected chi connectivity index (χ3v) is 19.5. The maximum absolute atomic E-state index is 7.36. The number of unbranched alkanes of at least 4 members (excludes halogenated alkanes) is 4. The fourth-order valence-electron chi connectivity index (χ4n) is 10.2. The van der Waals surface area contributed by atoms with Crippen LogP contribution in [0.2, 0.25) is 0 Å². The molecule has 0 saturated carbocycles. The van der Waals surface area contributed by atoms with E-state index in [1.54, 1.807) is 34.0 Å². The molecule has 7 rings (SSSR count). The Kier molecular flexibility index (Phi) is 22.9. The van der Waals surface area contributed by atoms with Gasteiger partial charge < -0.3 is 37.9 Å². The van der Waals surface area contributed by atoms with Crippen molar-refractivity contribution >= 4 is 34.0 Å². The summed E-state index contributed by atoms with van der Waals surface area (Å²) in [5, 5.41) is 0. The van der Waals surface area contributed by atoms with Gasteiger partial charge in [0.2, 0.25) is 0 Å². The van der Waals surface area contributed by atoms with Crippen molar-refractivity contribution in [2.45, 2.75) is 193 Å². The molecule has 0 spiro atoms. The van der Waals surface area contributed by atoms with Crippen molar-refractivity contribution in [1.29, 1.82) is 0 Å². The molecule has 2 aromatic carbocycles. The average Bonchev–Trinajstić information content (AvgIpc) is 4.25. The number of benzene rings is 2. The van der Waals surface area contributed by atoms with E-state index in [1.165, 1.54) is 37.7 Å². The lowest BCUT2D eigenvalue weighted by atomic mass is 9.96. The summed E-state index contributed by atoms with van der Waals surface area (Å²) in [4.78, 5) is 6.10. The predicted octanol–water partition coefficient (Wildman–Crippen LogP) is 20.7. The Labute approximate surface area is 483 Å². The van der Waals surface area contributed by atoms with Gasteiger partial charge in [-0.25, -0.2) is 0 Å². The highest BCUT2D eigenvalue weighted by Gasteiger charge is 2.38. The minimum atomic E-state index is -0.240. The molecule has 8 nitrogen and oxygen atoms in total. The van der Waals surface area contributed by atoms with Gasteiger partial charge in [0.05, 0.1) is 77.2 Å². The van der Waals surface area contributed by atoms with E-state index in [1.807, 2.05) is 0 Å². The zero-order chi connectivity index (χ0) is 56.0. The Morgan fingerprint density at radius 1 is 0.462 bits per heavy atom. The maximum atomic E-state index is 7.36. The van der Waals surface area contributed by atoms with Crippen LogP contribution >= 0.6 is 34.0 Å². The summed E-state index contributed by atoms with van der Waals surface area (Å²) in [6.07, 6.45) is 17.1. The summed E-state index contributed by atoms with van der Waals surface area (Å²) in [6.45, 7) is 36.1. The van der Waals surface area contributed by atoms with E-state index in [0.717, 1.165) is 156 Å². The summed E-state index contributed by atoms with van der Waals surface area (Å²) < 4.78 is 56.1. The maximum Gasteiger partial charge on any atom is 0.181 e. The number of fused-ring (bicyclic) bond motifs is 2. The Balaban J connectivity index is 1.46. The molecule has 78 heavy (non-hydrogen) atoms. The second-order valence-electron chi connectivity index (χ2n) is 24.4. The molecule has 0 bridgehead atoms. The van der Waals surface area contributed by atoms with Crippen molar-refractivity contribution in [3.8, 4) is 87.1 Å². The molecule has 0 radical (unpaired) electrons. The number of hydrogen-bond donors (Lipinski definition) is 0. The zero-order valence-corrected chi connectivity index (χ0v) is 53.0. The molecule has 5 aromatic rings. The van der Waals surface area contributed by atoms with Gasteiger partial charge >= 0.3 is 0 Å². The Morgan fingerprint density at radius 2 is 0.872 bits per heavy atom. The molecule has 4 atom stereocenters. The first-order valence-electron chi connectivity index (χ1n) is 30.3. The van der Waals surface area contributed by atoms with Crippen LogP contribution in [0.5, 0.6) is 46.0 Å². The minimum absolute atomic E-state index is 0.149. The number of rotatable bonds is 31. The summed E-state index contributed by atoms with van der Waals surface area (Å²) in [5.74, 6) is 8.16. The van der Waals surface area contributed by atoms with Crippen molar-refractivity contribution in [2.75, 3.05) is 52.9 Å². The fraction of sp³-hybridized carbons (Fsp3) is 0.642. The molecule has 0 fully saturated rings. The second kappa shape index (κ2) is 29.1. The molecule has 0 saturated heterocycles. The molecule has 432 valence electrons. The summed E-state index contributed by atoms with van der Waals surface area (Å²) in [5.41, 5.74) is 3.86. The van der Waals surface area contributed by atoms with E-state index in [9.17, 15) is 0 Å². The first kappa shape index (κ1) is 61.6. The summed E-state index contributed by atoms with van der Waals surface area (Å²) in [7, 11) is 0. The SMILES string of the molecule is CCCCC(C)COc1ccc(C)cc1-c1cc(-c2sc(-c3sc(-c4sc(C)c5c4OCC(C)(C)CO5)c(OCC(CC)CCCC)c3OCC(CC)CCCC)c3c2OCC(C)(C)CO3)ccc1OCC(CC)CCCC. The summed E-state index contributed by atoms with van der Waals surface area (Å²) >= 11 is 5.17. The standard InChI is InChI=1S/C67H98O8S3/c1-15-22-26-45(9)36-68-53-32-30-44(8)34-51(53)52-35-50(31-33-54(52)69-37-47(19-5)27-23-16-2)61-57-60(75-43-67(13,14)42-74-57)65(77-61)64-59(71-39-49(21-7)29-25-18-4)58(70-38-48(20-6)28-24-17-3)63(78-64)62-56-55(46(10)76-62)72-40-66(11,12)41-73-56/h30-35,45,47-49H,15-29,36-43H2,1-14H3. The van der Waals surface area contributed by atoms with Gasteiger partial charge in [-0.15, -0.1) is 34.0 Å². The van der Waals surface area contributed by atoms with Crippen LogP contribution < -0.4 is 37.9 Å². The van der Waals surface area contributed by atoms with Crippen LogP contribution in [0, 0.1) is 48.3 Å². The second-order valence-corrected chi connectivity index (χ2v) is 27.7. The van der Waals surface area contributed by atoms with Gasteiger partial charge in [0, 0.05) is 26.8 Å². The molecule has 11 heteroatoms. The van der Waals surface area contributed by atoms with Crippen molar-refractivity contribution in [1.82, 2.24) is 0 Å². The van der Waals surface area contributed by atoms with Crippen molar-refractivity contribution in [3.63, 3.8) is 0 Å². The summed E-state index contributed by atoms with van der Waals surface area (Å²) in [6, 6.07) is 13.3. The highest BCUT2D eigenvalue weighted by atomic mass is 32.1. The quantitative estimate of drug-likeness (QED) is 0.0435. The Morgan fingerprint density at radius 3 is 1.38 bits per heavy atom. The largest absolute Gasteiger partial charge is 0.493 e. The van der Waals surface area contributed by atoms with Crippen molar-refractivity contribution in [3.05, 3.63) is 46.8 Å². The lowest BCUT2D eigenvalue weighted by Crippen LogP contribution is -2.26. The van der Waals surface area contributed by atoms with Crippen LogP contribution in [0.1, 0.15) is 190 Å². The number of aryl methyl sites for hydroxylation is 2. The van der Waals surface area contributed by atoms with Gasteiger partial charge in [-0.05, 0) is 99.1 Å². The van der Waals surface area contributed by atoms with Crippen LogP contribution in [0.4, 0.5) is 0 Å². The van der Waals surface area contributed by atoms with E-state index in [2.05, 4.69) is 133 Å². The third kappa shape index (κ3) is 15.7. The smallest absolute Gasteiger partial charge is 0.181 e. The van der Waals surface area contributed by atoms with Gasteiger partial charge in [0.15, 0.2) is 34.5 Å². The molecule has 2 aliphatic heterocycles. The van der Waals surface area contributed by atoms with Crippen molar-refractivity contribution in [2.24, 2.45) is 34.5 Å². The molecule has 2 aliphatic rings. The topological polar surface area (TPSA) is 73.8 Å². The highest BCUT2D eigenvalue weighted by Crippen LogP contribution is 2.64. The monoisotopic (exact) mass is 1130 g/mol. The molecular weight excluding hydrogens is 1030 g/mol. The van der Waals surface area contributed by atoms with E-state index < -0.39 is 0 Å². The van der Waals surface area contributed by atoms with E-state index >= 15 is 0 Å². The van der Waals surface area contributed by atoms with E-state index in [4.69, 9.17) is 37.9 Å². The fourth-order valence-corrected chi connectivity index (χ4v) is 13.9. The molecule has 5 heterocycles. The van der Waals surface area contributed by atoms with Crippen molar-refractivity contribution < 1.29 is 37.9 Å². The van der Waals surface area contributed by atoms with Gasteiger partial charge in [0.1, 0.15) is 11.5 Å². The molecular formula is C67H98O8S3. The Bertz CT molecular complexity index is 2650. The number of ether oxygens (including phenoxy) is 8. The predicted molar refractivity (Wildman–Crippen MR) is 331 cm³/mol. The number of hydrogen-bond acceptors (Lipinski definition) is 11.